The van der Waals surface area contributed by atoms with Crippen molar-refractivity contribution in [3.05, 3.63) is 0 Å². The molecular formula is C10H16N2O5. The zero-order chi connectivity index (χ0) is 12.8. The summed E-state index contributed by atoms with van der Waals surface area (Å²) in [4.78, 5) is 34.3. The number of primary amides is 1. The van der Waals surface area contributed by atoms with Gasteiger partial charge in [-0.2, -0.15) is 0 Å². The van der Waals surface area contributed by atoms with E-state index >= 15 is 0 Å². The highest BCUT2D eigenvalue weighted by molar-refractivity contribution is 5.88. The minimum absolute atomic E-state index is 0.272. The number of carboxylic acids is 1. The SMILES string of the molecule is NC(=O)CN(CC(=O)O)C(=O)C1CCCOC1. The summed E-state index contributed by atoms with van der Waals surface area (Å²) in [6.07, 6.45) is 1.40. The van der Waals surface area contributed by atoms with Gasteiger partial charge in [-0.15, -0.1) is 0 Å². The number of aliphatic carboxylic acids is 1. The molecule has 0 bridgehead atoms. The summed E-state index contributed by atoms with van der Waals surface area (Å²) in [6.45, 7) is -0.00779. The lowest BCUT2D eigenvalue weighted by atomic mass is 10.0. The summed E-state index contributed by atoms with van der Waals surface area (Å²) in [5.74, 6) is -2.65. The van der Waals surface area contributed by atoms with E-state index in [1.54, 1.807) is 0 Å². The Kier molecular flexibility index (Phi) is 4.89. The topological polar surface area (TPSA) is 110 Å². The van der Waals surface area contributed by atoms with E-state index in [1.165, 1.54) is 0 Å². The highest BCUT2D eigenvalue weighted by Crippen LogP contribution is 2.16. The Balaban J connectivity index is 2.63. The molecule has 96 valence electrons. The average Bonchev–Trinajstić information content (AvgIpc) is 2.27. The van der Waals surface area contributed by atoms with Crippen molar-refractivity contribution < 1.29 is 24.2 Å². The summed E-state index contributed by atoms with van der Waals surface area (Å²) in [7, 11) is 0. The fourth-order valence-electron chi connectivity index (χ4n) is 1.76. The molecule has 1 fully saturated rings. The van der Waals surface area contributed by atoms with Crippen molar-refractivity contribution in [1.82, 2.24) is 4.90 Å². The van der Waals surface area contributed by atoms with Gasteiger partial charge >= 0.3 is 5.97 Å². The standard InChI is InChI=1S/C10H16N2O5/c11-8(13)4-12(5-9(14)15)10(16)7-2-1-3-17-6-7/h7H,1-6H2,(H2,11,13)(H,14,15). The molecule has 3 N–H and O–H groups in total. The second kappa shape index (κ2) is 6.19. The molecule has 7 heteroatoms. The van der Waals surface area contributed by atoms with E-state index in [1.807, 2.05) is 0 Å². The number of hydrogen-bond acceptors (Lipinski definition) is 4. The number of rotatable bonds is 5. The van der Waals surface area contributed by atoms with Crippen LogP contribution >= 0.6 is 0 Å². The van der Waals surface area contributed by atoms with Gasteiger partial charge < -0.3 is 20.5 Å². The molecule has 0 spiro atoms. The van der Waals surface area contributed by atoms with Crippen LogP contribution < -0.4 is 5.73 Å². The third-order valence-electron chi connectivity index (χ3n) is 2.49. The molecule has 1 rings (SSSR count). The van der Waals surface area contributed by atoms with E-state index in [2.05, 4.69) is 0 Å². The fraction of sp³-hybridized carbons (Fsp3) is 0.700. The predicted octanol–water partition coefficient (Wildman–Crippen LogP) is -1.19. The van der Waals surface area contributed by atoms with Crippen LogP contribution in [0.4, 0.5) is 0 Å². The first kappa shape index (κ1) is 13.4. The first-order valence-corrected chi connectivity index (χ1v) is 5.37. The van der Waals surface area contributed by atoms with Crippen molar-refractivity contribution in [3.63, 3.8) is 0 Å². The normalized spacial score (nSPS) is 19.6. The summed E-state index contributed by atoms with van der Waals surface area (Å²) in [6, 6.07) is 0. The van der Waals surface area contributed by atoms with Gasteiger partial charge in [0.15, 0.2) is 0 Å². The van der Waals surface area contributed by atoms with Gasteiger partial charge in [0.25, 0.3) is 0 Å². The van der Waals surface area contributed by atoms with Crippen LogP contribution in [0.3, 0.4) is 0 Å². The Bertz CT molecular complexity index is 296. The Labute approximate surface area is 98.5 Å². The molecular weight excluding hydrogens is 228 g/mol. The maximum Gasteiger partial charge on any atom is 0.323 e. The lowest BCUT2D eigenvalue weighted by Crippen LogP contribution is -2.46. The number of carbonyl (C=O) groups is 3. The first-order chi connectivity index (χ1) is 8.00. The van der Waals surface area contributed by atoms with Gasteiger partial charge in [-0.3, -0.25) is 14.4 Å². The minimum atomic E-state index is -1.17. The van der Waals surface area contributed by atoms with Crippen LogP contribution in [-0.2, 0) is 19.1 Å². The van der Waals surface area contributed by atoms with E-state index < -0.39 is 18.4 Å². The Morgan fingerprint density at radius 2 is 2.06 bits per heavy atom. The summed E-state index contributed by atoms with van der Waals surface area (Å²) in [5.41, 5.74) is 4.98. The van der Waals surface area contributed by atoms with Crippen LogP contribution in [0, 0.1) is 5.92 Å². The number of carbonyl (C=O) groups excluding carboxylic acids is 2. The molecule has 1 unspecified atom stereocenters. The summed E-state index contributed by atoms with van der Waals surface area (Å²) < 4.78 is 5.15. The van der Waals surface area contributed by atoms with Crippen molar-refractivity contribution in [2.24, 2.45) is 11.7 Å². The summed E-state index contributed by atoms with van der Waals surface area (Å²) >= 11 is 0. The molecule has 2 amide bonds. The smallest absolute Gasteiger partial charge is 0.323 e. The minimum Gasteiger partial charge on any atom is -0.480 e. The third kappa shape index (κ3) is 4.39. The number of nitrogens with two attached hydrogens (primary N) is 1. The average molecular weight is 244 g/mol. The van der Waals surface area contributed by atoms with Crippen molar-refractivity contribution in [1.29, 1.82) is 0 Å². The highest BCUT2D eigenvalue weighted by Gasteiger charge is 2.28. The van der Waals surface area contributed by atoms with Gasteiger partial charge in [0.1, 0.15) is 6.54 Å². The molecule has 0 aliphatic carbocycles. The van der Waals surface area contributed by atoms with Crippen molar-refractivity contribution in [3.8, 4) is 0 Å². The van der Waals surface area contributed by atoms with Crippen molar-refractivity contribution in [2.75, 3.05) is 26.3 Å². The largest absolute Gasteiger partial charge is 0.480 e. The lowest BCUT2D eigenvalue weighted by Gasteiger charge is -2.27. The monoisotopic (exact) mass is 244 g/mol. The number of hydrogen-bond donors (Lipinski definition) is 2. The second-order valence-corrected chi connectivity index (χ2v) is 3.97. The van der Waals surface area contributed by atoms with Gasteiger partial charge in [0.2, 0.25) is 11.8 Å². The molecule has 0 aromatic heterocycles. The van der Waals surface area contributed by atoms with Crippen LogP contribution in [0.25, 0.3) is 0 Å². The second-order valence-electron chi connectivity index (χ2n) is 3.97. The van der Waals surface area contributed by atoms with Gasteiger partial charge in [0, 0.05) is 6.61 Å². The fourth-order valence-corrected chi connectivity index (χ4v) is 1.76. The summed E-state index contributed by atoms with van der Waals surface area (Å²) in [5, 5.41) is 8.67. The van der Waals surface area contributed by atoms with E-state index in [4.69, 9.17) is 15.6 Å². The molecule has 0 aromatic rings. The Hall–Kier alpha value is -1.63. The Morgan fingerprint density at radius 3 is 2.53 bits per heavy atom. The highest BCUT2D eigenvalue weighted by atomic mass is 16.5. The van der Waals surface area contributed by atoms with Crippen LogP contribution in [0.15, 0.2) is 0 Å². The number of ether oxygens (including phenoxy) is 1. The van der Waals surface area contributed by atoms with Crippen LogP contribution in [-0.4, -0.2) is 54.1 Å². The van der Waals surface area contributed by atoms with Crippen molar-refractivity contribution in [2.45, 2.75) is 12.8 Å². The molecule has 1 saturated heterocycles. The zero-order valence-electron chi connectivity index (χ0n) is 9.42. The molecule has 17 heavy (non-hydrogen) atoms. The molecule has 1 heterocycles. The third-order valence-corrected chi connectivity index (χ3v) is 2.49. The van der Waals surface area contributed by atoms with E-state index in [9.17, 15) is 14.4 Å². The van der Waals surface area contributed by atoms with E-state index in [0.29, 0.717) is 13.0 Å². The van der Waals surface area contributed by atoms with Gasteiger partial charge in [-0.25, -0.2) is 0 Å². The molecule has 0 saturated carbocycles. The van der Waals surface area contributed by atoms with Gasteiger partial charge in [0.05, 0.1) is 19.1 Å². The van der Waals surface area contributed by atoms with E-state index in [0.717, 1.165) is 11.3 Å². The molecule has 0 aromatic carbocycles. The van der Waals surface area contributed by atoms with E-state index in [-0.39, 0.29) is 25.0 Å². The molecule has 0 radical (unpaired) electrons. The van der Waals surface area contributed by atoms with Gasteiger partial charge in [-0.05, 0) is 12.8 Å². The zero-order valence-corrected chi connectivity index (χ0v) is 9.42. The number of nitrogens with zero attached hydrogens (tertiary/aromatic N) is 1. The van der Waals surface area contributed by atoms with Crippen LogP contribution in [0.1, 0.15) is 12.8 Å². The van der Waals surface area contributed by atoms with Crippen LogP contribution in [0.2, 0.25) is 0 Å². The van der Waals surface area contributed by atoms with Gasteiger partial charge in [-0.1, -0.05) is 0 Å². The Morgan fingerprint density at radius 1 is 1.35 bits per heavy atom. The number of carboxylic acid groups (broad SMARTS) is 1. The number of amides is 2. The quantitative estimate of drug-likeness (QED) is 0.632. The maximum atomic E-state index is 11.9. The molecule has 1 atom stereocenters. The molecule has 7 nitrogen and oxygen atoms in total. The lowest BCUT2D eigenvalue weighted by molar-refractivity contribution is -0.149. The van der Waals surface area contributed by atoms with Crippen molar-refractivity contribution >= 4 is 17.8 Å². The molecule has 1 aliphatic heterocycles. The maximum absolute atomic E-state index is 11.9. The predicted molar refractivity (Wildman–Crippen MR) is 57.0 cm³/mol. The molecule has 1 aliphatic rings. The first-order valence-electron chi connectivity index (χ1n) is 5.37. The van der Waals surface area contributed by atoms with Crippen LogP contribution in [0.5, 0.6) is 0 Å².